The zero-order valence-electron chi connectivity index (χ0n) is 39.2. The van der Waals surface area contributed by atoms with Gasteiger partial charge in [-0.05, 0) is 57.8 Å². The summed E-state index contributed by atoms with van der Waals surface area (Å²) in [6, 6.07) is 0. The van der Waals surface area contributed by atoms with Gasteiger partial charge >= 0.3 is 19.8 Å². The summed E-state index contributed by atoms with van der Waals surface area (Å²) in [4.78, 5) is 48.6. The summed E-state index contributed by atoms with van der Waals surface area (Å²) in [6.45, 7) is 3.84. The zero-order chi connectivity index (χ0) is 46.1. The fourth-order valence-electron chi connectivity index (χ4n) is 7.28. The number of rotatable bonds is 39. The summed E-state index contributed by atoms with van der Waals surface area (Å²) in [5, 5.41) is 31.4. The normalized spacial score (nSPS) is 20.3. The number of aliphatic hydroxyl groups excluding tert-OH is 3. The van der Waals surface area contributed by atoms with E-state index in [1.807, 2.05) is 21.1 Å². The van der Waals surface area contributed by atoms with Gasteiger partial charge in [-0.3, -0.25) is 23.4 Å². The third-order valence-corrected chi connectivity index (χ3v) is 12.1. The van der Waals surface area contributed by atoms with Crippen LogP contribution in [0.5, 0.6) is 0 Å². The summed E-state index contributed by atoms with van der Waals surface area (Å²) >= 11 is 0. The van der Waals surface area contributed by atoms with Crippen LogP contribution in [0.3, 0.4) is 0 Å². The maximum atomic E-state index is 12.9. The topological polar surface area (TPSA) is 186 Å². The maximum Gasteiger partial charge on any atom is 0.472 e. The van der Waals surface area contributed by atoms with E-state index in [-0.39, 0.29) is 51.1 Å². The first-order valence-electron chi connectivity index (χ1n) is 23.9. The lowest BCUT2D eigenvalue weighted by atomic mass is 9.87. The minimum atomic E-state index is -4.49. The number of aliphatic hydroxyl groups is 3. The van der Waals surface area contributed by atoms with Gasteiger partial charge in [-0.1, -0.05) is 115 Å². The first-order valence-corrected chi connectivity index (χ1v) is 25.4. The van der Waals surface area contributed by atoms with Crippen LogP contribution in [0.15, 0.2) is 36.5 Å². The highest BCUT2D eigenvalue weighted by Gasteiger charge is 2.41. The van der Waals surface area contributed by atoms with Crippen molar-refractivity contribution < 1.29 is 62.2 Å². The number of ether oxygens (including phenoxy) is 2. The Morgan fingerprint density at radius 1 is 0.726 bits per heavy atom. The van der Waals surface area contributed by atoms with Crippen molar-refractivity contribution in [2.24, 2.45) is 11.8 Å². The van der Waals surface area contributed by atoms with E-state index in [0.717, 1.165) is 57.8 Å². The summed E-state index contributed by atoms with van der Waals surface area (Å²) in [5.41, 5.74) is 0. The molecule has 0 aromatic rings. The molecule has 0 spiro atoms. The second-order valence-electron chi connectivity index (χ2n) is 18.1. The number of carbonyl (C=O) groups excluding carboxylic acids is 3. The molecular weight excluding hydrogens is 813 g/mol. The van der Waals surface area contributed by atoms with Crippen LogP contribution in [0.1, 0.15) is 168 Å². The molecule has 0 aromatic heterocycles. The number of phosphoric ester groups is 1. The van der Waals surface area contributed by atoms with Gasteiger partial charge in [0.05, 0.1) is 46.1 Å². The molecule has 1 fully saturated rings. The Bertz CT molecular complexity index is 1330. The van der Waals surface area contributed by atoms with Gasteiger partial charge in [0.25, 0.3) is 0 Å². The Labute approximate surface area is 374 Å². The molecule has 360 valence electrons. The van der Waals surface area contributed by atoms with Gasteiger partial charge in [0.1, 0.15) is 25.5 Å². The van der Waals surface area contributed by atoms with Gasteiger partial charge in [0, 0.05) is 43.9 Å². The first-order chi connectivity index (χ1) is 29.6. The SMILES string of the molecule is CCCCC/C=C\C/C=C\CCCCCCCCCC(=O)OC[C@H](COP(=O)(O)OCC[N+](C)(C)C)OC(=O)CCCCC(=O)C[C@@H]1[C@@H](/C=C/[C@@H](O)CCCCC)[C@H](O)C[C@@H]1O. The van der Waals surface area contributed by atoms with Gasteiger partial charge in [-0.2, -0.15) is 0 Å². The Kier molecular flexibility index (Phi) is 32.7. The summed E-state index contributed by atoms with van der Waals surface area (Å²) in [7, 11) is 1.24. The lowest BCUT2D eigenvalue weighted by Gasteiger charge is -2.24. The average Bonchev–Trinajstić information content (AvgIpc) is 3.47. The fraction of sp³-hybridized carbons (Fsp3) is 0.812. The number of Topliss-reactive ketones (excluding diaryl/α,β-unsaturated/α-hetero) is 1. The molecule has 14 heteroatoms. The van der Waals surface area contributed by atoms with Crippen molar-refractivity contribution in [1.82, 2.24) is 0 Å². The summed E-state index contributed by atoms with van der Waals surface area (Å²) in [6.07, 6.45) is 28.2. The summed E-state index contributed by atoms with van der Waals surface area (Å²) < 4.78 is 34.2. The monoisotopic (exact) mass is 901 g/mol. The second kappa shape index (κ2) is 35.1. The molecule has 4 N–H and O–H groups in total. The van der Waals surface area contributed by atoms with Crippen LogP contribution in [0.2, 0.25) is 0 Å². The van der Waals surface area contributed by atoms with Crippen molar-refractivity contribution in [1.29, 1.82) is 0 Å². The predicted molar refractivity (Wildman–Crippen MR) is 245 cm³/mol. The third-order valence-electron chi connectivity index (χ3n) is 11.1. The number of nitrogens with zero attached hydrogens (tertiary/aromatic N) is 1. The number of esters is 2. The van der Waals surface area contributed by atoms with E-state index in [0.29, 0.717) is 36.7 Å². The van der Waals surface area contributed by atoms with Crippen LogP contribution in [-0.2, 0) is 37.5 Å². The lowest BCUT2D eigenvalue weighted by Crippen LogP contribution is -2.37. The molecular formula is C48H87NO12P+. The number of unbranched alkanes of at least 4 members (excludes halogenated alkanes) is 13. The minimum Gasteiger partial charge on any atom is -0.462 e. The number of hydrogen-bond acceptors (Lipinski definition) is 11. The van der Waals surface area contributed by atoms with E-state index in [1.54, 1.807) is 12.2 Å². The zero-order valence-corrected chi connectivity index (χ0v) is 40.1. The first kappa shape index (κ1) is 57.8. The third kappa shape index (κ3) is 31.6. The van der Waals surface area contributed by atoms with E-state index < -0.39 is 62.6 Å². The van der Waals surface area contributed by atoms with Crippen molar-refractivity contribution in [3.63, 3.8) is 0 Å². The molecule has 0 amide bonds. The highest BCUT2D eigenvalue weighted by Crippen LogP contribution is 2.43. The van der Waals surface area contributed by atoms with Crippen LogP contribution in [0, 0.1) is 11.8 Å². The van der Waals surface area contributed by atoms with E-state index >= 15 is 0 Å². The lowest BCUT2D eigenvalue weighted by molar-refractivity contribution is -0.870. The highest BCUT2D eigenvalue weighted by molar-refractivity contribution is 7.47. The molecule has 0 bridgehead atoms. The van der Waals surface area contributed by atoms with Crippen LogP contribution in [0.4, 0.5) is 0 Å². The second-order valence-corrected chi connectivity index (χ2v) is 19.6. The molecule has 1 saturated carbocycles. The van der Waals surface area contributed by atoms with E-state index in [9.17, 15) is 39.2 Å². The molecule has 1 rings (SSSR count). The van der Waals surface area contributed by atoms with Crippen LogP contribution >= 0.6 is 7.82 Å². The van der Waals surface area contributed by atoms with Gasteiger partial charge in [0.2, 0.25) is 0 Å². The smallest absolute Gasteiger partial charge is 0.462 e. The average molecular weight is 901 g/mol. The minimum absolute atomic E-state index is 0.0377. The molecule has 0 saturated heterocycles. The van der Waals surface area contributed by atoms with Gasteiger partial charge in [-0.25, -0.2) is 4.57 Å². The molecule has 0 heterocycles. The molecule has 0 aliphatic heterocycles. The Morgan fingerprint density at radius 3 is 1.97 bits per heavy atom. The largest absolute Gasteiger partial charge is 0.472 e. The fourth-order valence-corrected chi connectivity index (χ4v) is 8.02. The number of carbonyl (C=O) groups is 3. The van der Waals surface area contributed by atoms with Gasteiger partial charge < -0.3 is 34.2 Å². The van der Waals surface area contributed by atoms with Crippen LogP contribution in [0.25, 0.3) is 0 Å². The Balaban J connectivity index is 2.50. The van der Waals surface area contributed by atoms with Crippen LogP contribution in [-0.4, -0.2) is 114 Å². The maximum absolute atomic E-state index is 12.9. The molecule has 0 radical (unpaired) electrons. The van der Waals surface area contributed by atoms with Gasteiger partial charge in [-0.15, -0.1) is 0 Å². The number of phosphoric acid groups is 1. The Morgan fingerprint density at radius 2 is 1.31 bits per heavy atom. The molecule has 1 unspecified atom stereocenters. The predicted octanol–water partition coefficient (Wildman–Crippen LogP) is 9.25. The van der Waals surface area contributed by atoms with Crippen molar-refractivity contribution in [3.8, 4) is 0 Å². The molecule has 0 aromatic carbocycles. The molecule has 7 atom stereocenters. The van der Waals surface area contributed by atoms with Crippen molar-refractivity contribution in [2.45, 2.75) is 192 Å². The van der Waals surface area contributed by atoms with E-state index in [2.05, 4.69) is 38.2 Å². The van der Waals surface area contributed by atoms with E-state index in [1.165, 1.54) is 38.5 Å². The van der Waals surface area contributed by atoms with Crippen molar-refractivity contribution in [3.05, 3.63) is 36.5 Å². The molecule has 62 heavy (non-hydrogen) atoms. The van der Waals surface area contributed by atoms with Crippen LogP contribution < -0.4 is 0 Å². The number of ketones is 1. The number of quaternary nitrogens is 1. The molecule has 1 aliphatic carbocycles. The number of hydrogen-bond donors (Lipinski definition) is 4. The standard InChI is InChI=1S/C48H86NO12P/c1-6-8-10-11-12-13-14-15-16-17-18-19-20-21-22-23-25-30-47(54)58-38-42(39-60-62(56,57)59-35-34-49(3,4)5)61-48(55)31-27-26-29-41(51)36-44-43(45(52)37-46(44)53)33-32-40(50)28-24-9-7-2/h12-13,15-16,32-33,40,42-46,50,52-53H,6-11,14,17-31,34-39H2,1-5H3/p+1/b13-12-,16-15-,33-32+/t40-,42+,43+,44+,45+,46-/m0/s1. The highest BCUT2D eigenvalue weighted by atomic mass is 31.2. The summed E-state index contributed by atoms with van der Waals surface area (Å²) in [5.74, 6) is -2.10. The van der Waals surface area contributed by atoms with Crippen molar-refractivity contribution in [2.75, 3.05) is 47.5 Å². The number of allylic oxidation sites excluding steroid dienone is 4. The molecule has 1 aliphatic rings. The van der Waals surface area contributed by atoms with Crippen molar-refractivity contribution >= 4 is 25.5 Å². The number of likely N-dealkylation sites (N-methyl/N-ethyl adjacent to an activating group) is 1. The quantitative estimate of drug-likeness (QED) is 0.0151. The molecule has 13 nitrogen and oxygen atoms in total. The van der Waals surface area contributed by atoms with Gasteiger partial charge in [0.15, 0.2) is 6.10 Å². The Hall–Kier alpha value is -2.22. The van der Waals surface area contributed by atoms with E-state index in [4.69, 9.17) is 18.5 Å².